The van der Waals surface area contributed by atoms with Crippen LogP contribution < -0.4 is 5.32 Å². The zero-order valence-electron chi connectivity index (χ0n) is 12.7. The fourth-order valence-corrected chi connectivity index (χ4v) is 3.57. The molecule has 2 rings (SSSR count). The Balaban J connectivity index is 1.78. The Morgan fingerprint density at radius 2 is 1.90 bits per heavy atom. The van der Waals surface area contributed by atoms with Gasteiger partial charge in [0, 0.05) is 12.5 Å². The summed E-state index contributed by atoms with van der Waals surface area (Å²) in [4.78, 5) is 23.3. The number of carbonyl (C=O) groups excluding carboxylic acids is 1. The molecule has 1 amide bonds. The van der Waals surface area contributed by atoms with Crippen molar-refractivity contribution in [2.24, 2.45) is 23.2 Å². The summed E-state index contributed by atoms with van der Waals surface area (Å²) in [6, 6.07) is 0. The Bertz CT molecular complexity index is 374. The molecule has 2 unspecified atom stereocenters. The van der Waals surface area contributed by atoms with Gasteiger partial charge in [-0.25, -0.2) is 0 Å². The minimum atomic E-state index is -0.749. The van der Waals surface area contributed by atoms with Gasteiger partial charge in [-0.2, -0.15) is 0 Å². The maximum absolute atomic E-state index is 12.2. The summed E-state index contributed by atoms with van der Waals surface area (Å²) >= 11 is 0. The summed E-state index contributed by atoms with van der Waals surface area (Å²) in [6.07, 6.45) is 6.53. The van der Waals surface area contributed by atoms with Crippen LogP contribution >= 0.6 is 0 Å². The molecule has 0 aromatic carbocycles. The van der Waals surface area contributed by atoms with Gasteiger partial charge in [0.05, 0.1) is 5.92 Å². The summed E-state index contributed by atoms with van der Waals surface area (Å²) in [7, 11) is 0. The summed E-state index contributed by atoms with van der Waals surface area (Å²) in [5.41, 5.74) is 0.338. The van der Waals surface area contributed by atoms with Gasteiger partial charge in [-0.3, -0.25) is 9.59 Å². The molecule has 114 valence electrons. The Morgan fingerprint density at radius 1 is 1.25 bits per heavy atom. The number of carbonyl (C=O) groups is 2. The highest BCUT2D eigenvalue weighted by molar-refractivity contribution is 5.80. The first-order chi connectivity index (χ1) is 9.42. The first-order valence-electron chi connectivity index (χ1n) is 7.92. The van der Waals surface area contributed by atoms with Crippen LogP contribution in [0.15, 0.2) is 0 Å². The molecule has 0 radical (unpaired) electrons. The number of carboxylic acid groups (broad SMARTS) is 1. The fourth-order valence-electron chi connectivity index (χ4n) is 3.57. The van der Waals surface area contributed by atoms with Gasteiger partial charge in [-0.05, 0) is 49.9 Å². The third kappa shape index (κ3) is 3.97. The van der Waals surface area contributed by atoms with Crippen molar-refractivity contribution in [2.75, 3.05) is 6.54 Å². The molecule has 2 fully saturated rings. The Kier molecular flexibility index (Phi) is 4.71. The molecule has 4 heteroatoms. The van der Waals surface area contributed by atoms with Crippen LogP contribution in [-0.2, 0) is 9.59 Å². The number of aliphatic carboxylic acids is 1. The van der Waals surface area contributed by atoms with Gasteiger partial charge in [0.1, 0.15) is 0 Å². The smallest absolute Gasteiger partial charge is 0.306 e. The molecule has 20 heavy (non-hydrogen) atoms. The van der Waals surface area contributed by atoms with E-state index < -0.39 is 5.97 Å². The van der Waals surface area contributed by atoms with Gasteiger partial charge in [0.2, 0.25) is 5.91 Å². The van der Waals surface area contributed by atoms with Gasteiger partial charge >= 0.3 is 5.97 Å². The average Bonchev–Trinajstić information content (AvgIpc) is 3.15. The molecule has 0 aromatic rings. The normalized spacial score (nSPS) is 28.1. The lowest BCUT2D eigenvalue weighted by Gasteiger charge is -2.27. The lowest BCUT2D eigenvalue weighted by Crippen LogP contribution is -2.38. The Labute approximate surface area is 121 Å². The van der Waals surface area contributed by atoms with E-state index >= 15 is 0 Å². The second kappa shape index (κ2) is 6.15. The lowest BCUT2D eigenvalue weighted by atomic mass is 9.81. The molecule has 0 heterocycles. The molecule has 0 saturated heterocycles. The van der Waals surface area contributed by atoms with E-state index in [0.29, 0.717) is 17.8 Å². The first-order valence-corrected chi connectivity index (χ1v) is 7.92. The van der Waals surface area contributed by atoms with Gasteiger partial charge in [0.25, 0.3) is 0 Å². The average molecular weight is 281 g/mol. The highest BCUT2D eigenvalue weighted by Crippen LogP contribution is 2.50. The molecular weight excluding hydrogens is 254 g/mol. The van der Waals surface area contributed by atoms with Crippen molar-refractivity contribution in [2.45, 2.75) is 58.8 Å². The topological polar surface area (TPSA) is 66.4 Å². The SMILES string of the molecule is CC(C)CC1(CNC(=O)C2CCCC(C(=O)O)C2)CC1. The van der Waals surface area contributed by atoms with Crippen LogP contribution in [0, 0.1) is 23.2 Å². The zero-order chi connectivity index (χ0) is 14.8. The lowest BCUT2D eigenvalue weighted by molar-refractivity contribution is -0.144. The molecule has 0 aromatic heterocycles. The molecule has 2 aliphatic carbocycles. The summed E-state index contributed by atoms with van der Waals surface area (Å²) < 4.78 is 0. The molecule has 0 aliphatic heterocycles. The van der Waals surface area contributed by atoms with E-state index in [4.69, 9.17) is 5.11 Å². The number of hydrogen-bond donors (Lipinski definition) is 2. The third-order valence-corrected chi connectivity index (χ3v) is 4.83. The Hall–Kier alpha value is -1.06. The van der Waals surface area contributed by atoms with E-state index in [0.717, 1.165) is 25.8 Å². The van der Waals surface area contributed by atoms with Crippen LogP contribution in [0.3, 0.4) is 0 Å². The van der Waals surface area contributed by atoms with Crippen molar-refractivity contribution in [1.82, 2.24) is 5.32 Å². The summed E-state index contributed by atoms with van der Waals surface area (Å²) in [6.45, 7) is 5.22. The van der Waals surface area contributed by atoms with Crippen LogP contribution in [0.1, 0.15) is 58.8 Å². The molecule has 0 bridgehead atoms. The molecular formula is C16H27NO3. The monoisotopic (exact) mass is 281 g/mol. The molecule has 2 saturated carbocycles. The highest BCUT2D eigenvalue weighted by Gasteiger charge is 2.43. The maximum atomic E-state index is 12.2. The number of carboxylic acids is 1. The van der Waals surface area contributed by atoms with Gasteiger partial charge in [-0.1, -0.05) is 20.3 Å². The highest BCUT2D eigenvalue weighted by atomic mass is 16.4. The van der Waals surface area contributed by atoms with Crippen molar-refractivity contribution in [3.05, 3.63) is 0 Å². The van der Waals surface area contributed by atoms with Gasteiger partial charge < -0.3 is 10.4 Å². The molecule has 2 atom stereocenters. The fraction of sp³-hybridized carbons (Fsp3) is 0.875. The standard InChI is InChI=1S/C16H27NO3/c1-11(2)9-16(6-7-16)10-17-14(18)12-4-3-5-13(8-12)15(19)20/h11-13H,3-10H2,1-2H3,(H,17,18)(H,19,20). The Morgan fingerprint density at radius 3 is 2.45 bits per heavy atom. The van der Waals surface area contributed by atoms with Crippen molar-refractivity contribution >= 4 is 11.9 Å². The van der Waals surface area contributed by atoms with Crippen LogP contribution in [0.5, 0.6) is 0 Å². The van der Waals surface area contributed by atoms with Gasteiger partial charge in [-0.15, -0.1) is 0 Å². The minimum absolute atomic E-state index is 0.0750. The largest absolute Gasteiger partial charge is 0.481 e. The third-order valence-electron chi connectivity index (χ3n) is 4.83. The quantitative estimate of drug-likeness (QED) is 0.786. The first kappa shape index (κ1) is 15.3. The molecule has 0 spiro atoms. The zero-order valence-corrected chi connectivity index (χ0v) is 12.7. The predicted octanol–water partition coefficient (Wildman–Crippen LogP) is 2.82. The van der Waals surface area contributed by atoms with Crippen molar-refractivity contribution < 1.29 is 14.7 Å². The van der Waals surface area contributed by atoms with Crippen LogP contribution in [0.25, 0.3) is 0 Å². The molecule has 4 nitrogen and oxygen atoms in total. The van der Waals surface area contributed by atoms with Crippen molar-refractivity contribution in [1.29, 1.82) is 0 Å². The number of amides is 1. The second-order valence-electron chi connectivity index (χ2n) is 7.21. The van der Waals surface area contributed by atoms with Crippen LogP contribution in [-0.4, -0.2) is 23.5 Å². The number of nitrogens with one attached hydrogen (secondary N) is 1. The van der Waals surface area contributed by atoms with Crippen LogP contribution in [0.4, 0.5) is 0 Å². The van der Waals surface area contributed by atoms with Crippen molar-refractivity contribution in [3.8, 4) is 0 Å². The van der Waals surface area contributed by atoms with E-state index in [2.05, 4.69) is 19.2 Å². The van der Waals surface area contributed by atoms with Gasteiger partial charge in [0.15, 0.2) is 0 Å². The maximum Gasteiger partial charge on any atom is 0.306 e. The molecule has 2 N–H and O–H groups in total. The van der Waals surface area contributed by atoms with E-state index in [1.165, 1.54) is 19.3 Å². The van der Waals surface area contributed by atoms with E-state index in [9.17, 15) is 9.59 Å². The predicted molar refractivity (Wildman–Crippen MR) is 77.2 cm³/mol. The van der Waals surface area contributed by atoms with Crippen LogP contribution in [0.2, 0.25) is 0 Å². The number of rotatable bonds is 6. The number of hydrogen-bond acceptors (Lipinski definition) is 2. The van der Waals surface area contributed by atoms with E-state index in [-0.39, 0.29) is 17.7 Å². The van der Waals surface area contributed by atoms with E-state index in [1.807, 2.05) is 0 Å². The van der Waals surface area contributed by atoms with E-state index in [1.54, 1.807) is 0 Å². The summed E-state index contributed by atoms with van der Waals surface area (Å²) in [5, 5.41) is 12.2. The molecule has 2 aliphatic rings. The summed E-state index contributed by atoms with van der Waals surface area (Å²) in [5.74, 6) is -0.433. The second-order valence-corrected chi connectivity index (χ2v) is 7.21. The van der Waals surface area contributed by atoms with Crippen molar-refractivity contribution in [3.63, 3.8) is 0 Å². The minimum Gasteiger partial charge on any atom is -0.481 e.